The molecule has 0 aliphatic rings. The summed E-state index contributed by atoms with van der Waals surface area (Å²) in [7, 11) is 1.44. The molecule has 3 N–H and O–H groups in total. The van der Waals surface area contributed by atoms with Crippen LogP contribution in [0.3, 0.4) is 0 Å². The molecule has 0 bridgehead atoms. The van der Waals surface area contributed by atoms with E-state index < -0.39 is 5.82 Å². The topological polar surface area (TPSA) is 47.3 Å². The van der Waals surface area contributed by atoms with Gasteiger partial charge in [-0.15, -0.1) is 0 Å². The van der Waals surface area contributed by atoms with Crippen molar-refractivity contribution in [2.75, 3.05) is 24.7 Å². The molecule has 4 heteroatoms. The highest BCUT2D eigenvalue weighted by Gasteiger charge is 2.16. The predicted molar refractivity (Wildman–Crippen MR) is 69.9 cm³/mol. The minimum absolute atomic E-state index is 0.175. The fourth-order valence-corrected chi connectivity index (χ4v) is 1.34. The van der Waals surface area contributed by atoms with E-state index in [2.05, 4.69) is 26.1 Å². The zero-order chi connectivity index (χ0) is 13.1. The van der Waals surface area contributed by atoms with Gasteiger partial charge in [0.25, 0.3) is 0 Å². The molecule has 3 nitrogen and oxygen atoms in total. The summed E-state index contributed by atoms with van der Waals surface area (Å²) in [5.74, 6) is -0.235. The fourth-order valence-electron chi connectivity index (χ4n) is 1.34. The van der Waals surface area contributed by atoms with Crippen LogP contribution in [0.4, 0.5) is 15.8 Å². The third-order valence-electron chi connectivity index (χ3n) is 3.04. The van der Waals surface area contributed by atoms with Crippen LogP contribution in [0, 0.1) is 11.2 Å². The van der Waals surface area contributed by atoms with Gasteiger partial charge in [-0.05, 0) is 11.8 Å². The molecular weight excluding hydrogens is 219 g/mol. The minimum Gasteiger partial charge on any atom is -0.494 e. The summed E-state index contributed by atoms with van der Waals surface area (Å²) in [5.41, 5.74) is 7.04. The molecule has 1 aromatic rings. The second-order valence-electron chi connectivity index (χ2n) is 4.95. The SMILES string of the molecule is CCC(C)(C)CNc1cc(OC)c(F)cc1N. The normalized spacial score (nSPS) is 11.4. The van der Waals surface area contributed by atoms with Gasteiger partial charge >= 0.3 is 0 Å². The standard InChI is InChI=1S/C13H21FN2O/c1-5-13(2,3)8-16-11-7-12(17-4)9(14)6-10(11)15/h6-7,16H,5,8,15H2,1-4H3. The summed E-state index contributed by atoms with van der Waals surface area (Å²) in [6, 6.07) is 2.87. The number of ether oxygens (including phenoxy) is 1. The number of methoxy groups -OCH3 is 1. The van der Waals surface area contributed by atoms with Crippen LogP contribution < -0.4 is 15.8 Å². The number of hydrogen-bond donors (Lipinski definition) is 2. The monoisotopic (exact) mass is 240 g/mol. The molecule has 0 heterocycles. The molecule has 1 rings (SSSR count). The molecule has 0 aliphatic heterocycles. The van der Waals surface area contributed by atoms with E-state index in [1.165, 1.54) is 13.2 Å². The van der Waals surface area contributed by atoms with Gasteiger partial charge in [0.1, 0.15) is 0 Å². The molecule has 96 valence electrons. The first kappa shape index (κ1) is 13.6. The predicted octanol–water partition coefficient (Wildman–Crippen LogP) is 3.26. The molecule has 0 unspecified atom stereocenters. The molecule has 17 heavy (non-hydrogen) atoms. The Morgan fingerprint density at radius 3 is 2.59 bits per heavy atom. The first-order valence-corrected chi connectivity index (χ1v) is 5.76. The lowest BCUT2D eigenvalue weighted by Crippen LogP contribution is -2.22. The van der Waals surface area contributed by atoms with Gasteiger partial charge in [0, 0.05) is 18.7 Å². The van der Waals surface area contributed by atoms with E-state index in [0.29, 0.717) is 11.4 Å². The van der Waals surface area contributed by atoms with E-state index in [9.17, 15) is 4.39 Å². The second kappa shape index (κ2) is 5.25. The van der Waals surface area contributed by atoms with Crippen molar-refractivity contribution in [2.24, 2.45) is 5.41 Å². The smallest absolute Gasteiger partial charge is 0.167 e. The van der Waals surface area contributed by atoms with Crippen LogP contribution in [0.25, 0.3) is 0 Å². The number of halogens is 1. The van der Waals surface area contributed by atoms with Crippen molar-refractivity contribution in [3.63, 3.8) is 0 Å². The lowest BCUT2D eigenvalue weighted by molar-refractivity contribution is 0.376. The summed E-state index contributed by atoms with van der Waals surface area (Å²) < 4.78 is 18.3. The Morgan fingerprint density at radius 1 is 1.41 bits per heavy atom. The molecule has 0 fully saturated rings. The lowest BCUT2D eigenvalue weighted by Gasteiger charge is -2.24. The first-order chi connectivity index (χ1) is 7.89. The maximum atomic E-state index is 13.3. The molecule has 0 aromatic heterocycles. The Kier molecular flexibility index (Phi) is 4.21. The number of hydrogen-bond acceptors (Lipinski definition) is 3. The van der Waals surface area contributed by atoms with Gasteiger partial charge in [0.05, 0.1) is 18.5 Å². The highest BCUT2D eigenvalue weighted by molar-refractivity contribution is 5.68. The maximum Gasteiger partial charge on any atom is 0.167 e. The van der Waals surface area contributed by atoms with Crippen molar-refractivity contribution >= 4 is 11.4 Å². The number of anilines is 2. The number of nitrogens with two attached hydrogens (primary N) is 1. The van der Waals surface area contributed by atoms with Gasteiger partial charge in [-0.2, -0.15) is 0 Å². The van der Waals surface area contributed by atoms with Gasteiger partial charge in [0.15, 0.2) is 11.6 Å². The molecule has 1 aromatic carbocycles. The van der Waals surface area contributed by atoms with Crippen molar-refractivity contribution in [2.45, 2.75) is 27.2 Å². The average molecular weight is 240 g/mol. The van der Waals surface area contributed by atoms with Gasteiger partial charge in [-0.3, -0.25) is 0 Å². The molecule has 0 radical (unpaired) electrons. The summed E-state index contributed by atoms with van der Waals surface area (Å²) in [6.07, 6.45) is 1.05. The van der Waals surface area contributed by atoms with Crippen LogP contribution in [0.5, 0.6) is 5.75 Å². The third-order valence-corrected chi connectivity index (χ3v) is 3.04. The maximum absolute atomic E-state index is 13.3. The van der Waals surface area contributed by atoms with E-state index in [-0.39, 0.29) is 11.2 Å². The minimum atomic E-state index is -0.440. The average Bonchev–Trinajstić information content (AvgIpc) is 2.28. The van der Waals surface area contributed by atoms with Gasteiger partial charge in [-0.1, -0.05) is 20.8 Å². The quantitative estimate of drug-likeness (QED) is 0.776. The summed E-state index contributed by atoms with van der Waals surface area (Å²) in [4.78, 5) is 0. The van der Waals surface area contributed by atoms with Crippen LogP contribution in [-0.4, -0.2) is 13.7 Å². The van der Waals surface area contributed by atoms with Crippen LogP contribution in [-0.2, 0) is 0 Å². The molecule has 0 amide bonds. The van der Waals surface area contributed by atoms with E-state index in [1.807, 2.05) is 0 Å². The van der Waals surface area contributed by atoms with Crippen molar-refractivity contribution in [1.29, 1.82) is 0 Å². The van der Waals surface area contributed by atoms with Crippen LogP contribution in [0.1, 0.15) is 27.2 Å². The molecule has 0 saturated heterocycles. The van der Waals surface area contributed by atoms with E-state index in [1.54, 1.807) is 6.07 Å². The van der Waals surface area contributed by atoms with Crippen LogP contribution >= 0.6 is 0 Å². The molecule has 0 aliphatic carbocycles. The van der Waals surface area contributed by atoms with Gasteiger partial charge in [0.2, 0.25) is 0 Å². The summed E-state index contributed by atoms with van der Waals surface area (Å²) in [5, 5.41) is 3.23. The number of benzene rings is 1. The molecule has 0 saturated carbocycles. The fraction of sp³-hybridized carbons (Fsp3) is 0.538. The largest absolute Gasteiger partial charge is 0.494 e. The van der Waals surface area contributed by atoms with Gasteiger partial charge in [-0.25, -0.2) is 4.39 Å². The third kappa shape index (κ3) is 3.51. The Bertz CT molecular complexity index is 391. The molecular formula is C13H21FN2O. The molecule has 0 spiro atoms. The van der Waals surface area contributed by atoms with E-state index in [0.717, 1.165) is 13.0 Å². The van der Waals surface area contributed by atoms with E-state index >= 15 is 0 Å². The zero-order valence-corrected chi connectivity index (χ0v) is 10.9. The Morgan fingerprint density at radius 2 is 2.06 bits per heavy atom. The van der Waals surface area contributed by atoms with Crippen LogP contribution in [0.15, 0.2) is 12.1 Å². The second-order valence-corrected chi connectivity index (χ2v) is 4.95. The first-order valence-electron chi connectivity index (χ1n) is 5.76. The summed E-state index contributed by atoms with van der Waals surface area (Å²) >= 11 is 0. The van der Waals surface area contributed by atoms with Crippen molar-refractivity contribution < 1.29 is 9.13 Å². The number of nitrogen functional groups attached to an aromatic ring is 1. The summed E-state index contributed by atoms with van der Waals surface area (Å²) in [6.45, 7) is 7.24. The lowest BCUT2D eigenvalue weighted by atomic mass is 9.90. The van der Waals surface area contributed by atoms with Crippen molar-refractivity contribution in [3.05, 3.63) is 17.9 Å². The highest BCUT2D eigenvalue weighted by Crippen LogP contribution is 2.29. The van der Waals surface area contributed by atoms with Crippen LogP contribution in [0.2, 0.25) is 0 Å². The van der Waals surface area contributed by atoms with Crippen molar-refractivity contribution in [3.8, 4) is 5.75 Å². The Labute approximate surface area is 102 Å². The molecule has 0 atom stereocenters. The highest BCUT2D eigenvalue weighted by atomic mass is 19.1. The van der Waals surface area contributed by atoms with E-state index in [4.69, 9.17) is 10.5 Å². The van der Waals surface area contributed by atoms with Crippen molar-refractivity contribution in [1.82, 2.24) is 0 Å². The van der Waals surface area contributed by atoms with Gasteiger partial charge < -0.3 is 15.8 Å². The Hall–Kier alpha value is -1.45. The zero-order valence-electron chi connectivity index (χ0n) is 10.9. The Balaban J connectivity index is 2.84. The number of rotatable bonds is 5. The number of nitrogens with one attached hydrogen (secondary N) is 1.